The summed E-state index contributed by atoms with van der Waals surface area (Å²) >= 11 is 0. The summed E-state index contributed by atoms with van der Waals surface area (Å²) in [5.74, 6) is 0.0322. The molecule has 2 heterocycles. The summed E-state index contributed by atoms with van der Waals surface area (Å²) in [7, 11) is 0. The monoisotopic (exact) mass is 367 g/mol. The van der Waals surface area contributed by atoms with Crippen LogP contribution in [0.2, 0.25) is 0 Å². The third-order valence-electron chi connectivity index (χ3n) is 4.97. The van der Waals surface area contributed by atoms with E-state index < -0.39 is 0 Å². The van der Waals surface area contributed by atoms with Crippen molar-refractivity contribution in [3.8, 4) is 11.3 Å². The summed E-state index contributed by atoms with van der Waals surface area (Å²) in [4.78, 5) is 12.4. The van der Waals surface area contributed by atoms with E-state index in [0.717, 1.165) is 18.4 Å². The van der Waals surface area contributed by atoms with Crippen molar-refractivity contribution in [2.24, 2.45) is 0 Å². The molecule has 4 rings (SSSR count). The topological polar surface area (TPSA) is 73.6 Å². The maximum absolute atomic E-state index is 12.4. The zero-order chi connectivity index (χ0) is 19.0. The number of hydrazine groups is 2. The van der Waals surface area contributed by atoms with Crippen LogP contribution in [0.1, 0.15) is 44.2 Å². The van der Waals surface area contributed by atoms with Crippen molar-refractivity contribution in [3.63, 3.8) is 0 Å². The molecule has 1 amide bonds. The van der Waals surface area contributed by atoms with Crippen molar-refractivity contribution in [1.82, 2.24) is 26.0 Å². The van der Waals surface area contributed by atoms with Crippen LogP contribution in [0.4, 0.5) is 0 Å². The highest BCUT2D eigenvalue weighted by atomic mass is 16.5. The van der Waals surface area contributed by atoms with E-state index in [1.807, 2.05) is 36.5 Å². The summed E-state index contributed by atoms with van der Waals surface area (Å²) in [5.41, 5.74) is 4.99. The number of hydrogen-bond donors (Lipinski definition) is 2. The number of benzene rings is 1. The molecule has 1 aromatic heterocycles. The lowest BCUT2D eigenvalue weighted by Gasteiger charge is -2.43. The summed E-state index contributed by atoms with van der Waals surface area (Å²) in [5, 5.41) is 11.2. The van der Waals surface area contributed by atoms with Crippen molar-refractivity contribution >= 4 is 5.91 Å². The van der Waals surface area contributed by atoms with E-state index in [-0.39, 0.29) is 23.2 Å². The Morgan fingerprint density at radius 1 is 1.22 bits per heavy atom. The first-order valence-electron chi connectivity index (χ1n) is 9.25. The first-order chi connectivity index (χ1) is 12.9. The average Bonchev–Trinajstić information content (AvgIpc) is 3.27. The molecule has 27 heavy (non-hydrogen) atoms. The second-order valence-electron chi connectivity index (χ2n) is 8.08. The lowest BCUT2D eigenvalue weighted by atomic mass is 9.86. The first kappa shape index (κ1) is 17.6. The van der Waals surface area contributed by atoms with Gasteiger partial charge in [0, 0.05) is 35.6 Å². The van der Waals surface area contributed by atoms with Gasteiger partial charge in [0.2, 0.25) is 5.76 Å². The normalized spacial score (nSPS) is 22.0. The number of nitrogens with one attached hydrogen (secondary N) is 2. The number of nitrogens with zero attached hydrogens (tertiary/aromatic N) is 3. The molecule has 0 atom stereocenters. The molecular formula is C20H25N5O2. The van der Waals surface area contributed by atoms with Gasteiger partial charge in [0.05, 0.1) is 6.04 Å². The van der Waals surface area contributed by atoms with Gasteiger partial charge in [0.15, 0.2) is 0 Å². The molecule has 7 heteroatoms. The molecule has 1 saturated carbocycles. The summed E-state index contributed by atoms with van der Waals surface area (Å²) in [6, 6.07) is 11.9. The minimum absolute atomic E-state index is 0.0192. The molecule has 2 N–H and O–H groups in total. The fourth-order valence-electron chi connectivity index (χ4n) is 3.22. The number of carbonyl (C=O) groups excluding carboxylic acids is 1. The maximum Gasteiger partial charge on any atom is 0.290 e. The fraction of sp³-hybridized carbons (Fsp3) is 0.400. The van der Waals surface area contributed by atoms with Gasteiger partial charge in [-0.2, -0.15) is 0 Å². The summed E-state index contributed by atoms with van der Waals surface area (Å²) in [6.07, 6.45) is 5.88. The van der Waals surface area contributed by atoms with Crippen molar-refractivity contribution in [3.05, 3.63) is 54.6 Å². The van der Waals surface area contributed by atoms with Crippen LogP contribution >= 0.6 is 0 Å². The molecule has 2 aliphatic rings. The SMILES string of the molecule is CC(C)(C)N1C=CN(C2CC(NC(=O)c3cc(-c4ccccc4)no3)C2)N1. The number of amides is 1. The zero-order valence-corrected chi connectivity index (χ0v) is 15.8. The maximum atomic E-state index is 12.4. The molecule has 1 aliphatic heterocycles. The first-order valence-corrected chi connectivity index (χ1v) is 9.25. The molecule has 0 spiro atoms. The minimum Gasteiger partial charge on any atom is -0.350 e. The Hall–Kier alpha value is -2.80. The minimum atomic E-state index is -0.214. The number of hydrogen-bond acceptors (Lipinski definition) is 6. The molecule has 2 aromatic rings. The van der Waals surface area contributed by atoms with E-state index in [1.54, 1.807) is 6.07 Å². The Labute approximate surface area is 158 Å². The molecule has 142 valence electrons. The van der Waals surface area contributed by atoms with E-state index in [1.165, 1.54) is 0 Å². The predicted octanol–water partition coefficient (Wildman–Crippen LogP) is 2.91. The number of aromatic nitrogens is 1. The Balaban J connectivity index is 1.28. The van der Waals surface area contributed by atoms with Crippen LogP contribution in [0, 0.1) is 0 Å². The van der Waals surface area contributed by atoms with E-state index in [2.05, 4.69) is 53.0 Å². The quantitative estimate of drug-likeness (QED) is 0.866. The second-order valence-corrected chi connectivity index (χ2v) is 8.08. The third kappa shape index (κ3) is 3.68. The van der Waals surface area contributed by atoms with Crippen LogP contribution in [0.15, 0.2) is 53.3 Å². The highest BCUT2D eigenvalue weighted by Crippen LogP contribution is 2.28. The van der Waals surface area contributed by atoms with E-state index >= 15 is 0 Å². The van der Waals surface area contributed by atoms with E-state index in [4.69, 9.17) is 4.52 Å². The van der Waals surface area contributed by atoms with Gasteiger partial charge in [-0.05, 0) is 33.6 Å². The van der Waals surface area contributed by atoms with Gasteiger partial charge in [-0.25, -0.2) is 0 Å². The third-order valence-corrected chi connectivity index (χ3v) is 4.97. The van der Waals surface area contributed by atoms with Crippen LogP contribution in [-0.2, 0) is 0 Å². The number of carbonyl (C=O) groups is 1. The van der Waals surface area contributed by atoms with Crippen molar-refractivity contribution in [1.29, 1.82) is 0 Å². The molecule has 1 fully saturated rings. The van der Waals surface area contributed by atoms with Gasteiger partial charge < -0.3 is 9.84 Å². The highest BCUT2D eigenvalue weighted by molar-refractivity contribution is 5.92. The second kappa shape index (κ2) is 6.74. The van der Waals surface area contributed by atoms with Gasteiger partial charge in [0.25, 0.3) is 5.91 Å². The summed E-state index contributed by atoms with van der Waals surface area (Å²) in [6.45, 7) is 6.45. The van der Waals surface area contributed by atoms with Gasteiger partial charge in [-0.3, -0.25) is 14.8 Å². The lowest BCUT2D eigenvalue weighted by Crippen LogP contribution is -2.58. The van der Waals surface area contributed by atoms with Gasteiger partial charge in [0.1, 0.15) is 5.69 Å². The van der Waals surface area contributed by atoms with Crippen molar-refractivity contribution < 1.29 is 9.32 Å². The molecule has 0 unspecified atom stereocenters. The highest BCUT2D eigenvalue weighted by Gasteiger charge is 2.37. The molecule has 1 aromatic carbocycles. The van der Waals surface area contributed by atoms with Gasteiger partial charge >= 0.3 is 0 Å². The van der Waals surface area contributed by atoms with Gasteiger partial charge in [-0.15, -0.1) is 5.53 Å². The van der Waals surface area contributed by atoms with E-state index in [9.17, 15) is 4.79 Å². The van der Waals surface area contributed by atoms with E-state index in [0.29, 0.717) is 11.7 Å². The standard InChI is InChI=1S/C20H25N5O2/c1-20(2,3)25-10-9-24(23-25)16-11-15(12-16)21-19(26)18-13-17(22-27-18)14-7-5-4-6-8-14/h4-10,13,15-16,23H,11-12H2,1-3H3,(H,21,26). The Morgan fingerprint density at radius 2 is 1.96 bits per heavy atom. The predicted molar refractivity (Wildman–Crippen MR) is 102 cm³/mol. The lowest BCUT2D eigenvalue weighted by molar-refractivity contribution is 0.00684. The summed E-state index contributed by atoms with van der Waals surface area (Å²) < 4.78 is 5.23. The average molecular weight is 367 g/mol. The van der Waals surface area contributed by atoms with Crippen LogP contribution in [-0.4, -0.2) is 38.7 Å². The Bertz CT molecular complexity index is 834. The smallest absolute Gasteiger partial charge is 0.290 e. The molecule has 0 saturated heterocycles. The van der Waals surface area contributed by atoms with Crippen molar-refractivity contribution in [2.45, 2.75) is 51.2 Å². The number of rotatable bonds is 4. The van der Waals surface area contributed by atoms with Crippen LogP contribution in [0.25, 0.3) is 11.3 Å². The Kier molecular flexibility index (Phi) is 4.39. The largest absolute Gasteiger partial charge is 0.350 e. The Morgan fingerprint density at radius 3 is 2.63 bits per heavy atom. The van der Waals surface area contributed by atoms with Crippen LogP contribution in [0.3, 0.4) is 0 Å². The van der Waals surface area contributed by atoms with Crippen LogP contribution in [0.5, 0.6) is 0 Å². The fourth-order valence-corrected chi connectivity index (χ4v) is 3.22. The van der Waals surface area contributed by atoms with Crippen LogP contribution < -0.4 is 10.9 Å². The zero-order valence-electron chi connectivity index (χ0n) is 15.8. The molecule has 0 radical (unpaired) electrons. The van der Waals surface area contributed by atoms with Gasteiger partial charge in [-0.1, -0.05) is 35.5 Å². The molecule has 0 bridgehead atoms. The molecular weight excluding hydrogens is 342 g/mol. The van der Waals surface area contributed by atoms with Crippen molar-refractivity contribution in [2.75, 3.05) is 0 Å². The molecule has 1 aliphatic carbocycles. The molecule has 7 nitrogen and oxygen atoms in total.